The molecule has 33 heavy (non-hydrogen) atoms. The molecule has 0 radical (unpaired) electrons. The van der Waals surface area contributed by atoms with Crippen molar-refractivity contribution in [3.05, 3.63) is 52.5 Å². The molecule has 0 fully saturated rings. The Morgan fingerprint density at radius 3 is 2.76 bits per heavy atom. The first-order chi connectivity index (χ1) is 15.9. The summed E-state index contributed by atoms with van der Waals surface area (Å²) in [4.78, 5) is 29.4. The third-order valence-electron chi connectivity index (χ3n) is 5.44. The number of halogens is 1. The van der Waals surface area contributed by atoms with Gasteiger partial charge in [-0.3, -0.25) is 19.5 Å². The van der Waals surface area contributed by atoms with Crippen LogP contribution in [0.2, 0.25) is 0 Å². The van der Waals surface area contributed by atoms with E-state index in [9.17, 15) is 9.59 Å². The van der Waals surface area contributed by atoms with Crippen molar-refractivity contribution in [1.29, 1.82) is 0 Å². The lowest BCUT2D eigenvalue weighted by molar-refractivity contribution is -0.140. The molecule has 5 rings (SSSR count). The van der Waals surface area contributed by atoms with E-state index in [2.05, 4.69) is 41.5 Å². The van der Waals surface area contributed by atoms with Crippen LogP contribution in [0.4, 0.5) is 0 Å². The second kappa shape index (κ2) is 8.24. The lowest BCUT2D eigenvalue weighted by Gasteiger charge is -2.17. The van der Waals surface area contributed by atoms with Crippen LogP contribution in [0.1, 0.15) is 18.9 Å². The second-order valence-corrected chi connectivity index (χ2v) is 8.36. The Balaban J connectivity index is 1.48. The fourth-order valence-corrected chi connectivity index (χ4v) is 4.51. The molecule has 0 aliphatic carbocycles. The van der Waals surface area contributed by atoms with Gasteiger partial charge in [-0.25, -0.2) is 0 Å². The van der Waals surface area contributed by atoms with Crippen LogP contribution in [0.3, 0.4) is 0 Å². The Morgan fingerprint density at radius 1 is 1.24 bits per heavy atom. The summed E-state index contributed by atoms with van der Waals surface area (Å²) in [7, 11) is 0. The summed E-state index contributed by atoms with van der Waals surface area (Å²) in [6.45, 7) is 1.99. The number of tetrazole rings is 1. The van der Waals surface area contributed by atoms with Crippen LogP contribution < -0.4 is 0 Å². The van der Waals surface area contributed by atoms with Gasteiger partial charge in [-0.2, -0.15) is 5.21 Å². The third-order valence-corrected chi connectivity index (χ3v) is 6.23. The lowest BCUT2D eigenvalue weighted by atomic mass is 10.0. The number of nitrogens with one attached hydrogen (secondary N) is 1. The van der Waals surface area contributed by atoms with Crippen molar-refractivity contribution in [3.8, 4) is 22.7 Å². The number of aliphatic carboxylic acids is 1. The van der Waals surface area contributed by atoms with Crippen molar-refractivity contribution in [2.45, 2.75) is 25.9 Å². The Hall–Kier alpha value is -3.86. The van der Waals surface area contributed by atoms with Crippen molar-refractivity contribution < 1.29 is 19.1 Å². The molecule has 166 valence electrons. The molecule has 10 nitrogen and oxygen atoms in total. The Bertz CT molecular complexity index is 1410. The Kier molecular flexibility index (Phi) is 5.25. The summed E-state index contributed by atoms with van der Waals surface area (Å²) >= 11 is 3.67. The number of benzene rings is 2. The SMILES string of the molecule is CC1=NC(CC(=O)O)C(=O)N1Cc1ccc2oc(-c3ccccc3-c3nn[nH]n3)c(Br)c2c1. The zero-order chi connectivity index (χ0) is 23.1. The predicted octanol–water partition coefficient (Wildman–Crippen LogP) is 3.65. The van der Waals surface area contributed by atoms with Crippen molar-refractivity contribution in [1.82, 2.24) is 25.5 Å². The number of fused-ring (bicyclic) bond motifs is 1. The number of H-pyrrole nitrogens is 1. The number of aromatic amines is 1. The molecule has 1 aliphatic heterocycles. The van der Waals surface area contributed by atoms with E-state index in [0.29, 0.717) is 23.0 Å². The number of aromatic nitrogens is 4. The van der Waals surface area contributed by atoms with Gasteiger partial charge in [-0.15, -0.1) is 10.2 Å². The van der Waals surface area contributed by atoms with Crippen molar-refractivity contribution in [3.63, 3.8) is 0 Å². The lowest BCUT2D eigenvalue weighted by Crippen LogP contribution is -2.34. The highest BCUT2D eigenvalue weighted by Crippen LogP contribution is 2.41. The highest BCUT2D eigenvalue weighted by atomic mass is 79.9. The average molecular weight is 509 g/mol. The predicted molar refractivity (Wildman–Crippen MR) is 122 cm³/mol. The fraction of sp³-hybridized carbons (Fsp3) is 0.182. The van der Waals surface area contributed by atoms with E-state index < -0.39 is 12.0 Å². The summed E-state index contributed by atoms with van der Waals surface area (Å²) in [6.07, 6.45) is -0.317. The largest absolute Gasteiger partial charge is 0.481 e. The van der Waals surface area contributed by atoms with Gasteiger partial charge < -0.3 is 9.52 Å². The monoisotopic (exact) mass is 508 g/mol. The van der Waals surface area contributed by atoms with Gasteiger partial charge in [0, 0.05) is 16.5 Å². The molecule has 2 aromatic heterocycles. The van der Waals surface area contributed by atoms with E-state index in [-0.39, 0.29) is 18.9 Å². The first-order valence-corrected chi connectivity index (χ1v) is 10.8. The van der Waals surface area contributed by atoms with E-state index in [0.717, 1.165) is 26.5 Å². The number of furan rings is 1. The highest BCUT2D eigenvalue weighted by Gasteiger charge is 2.34. The van der Waals surface area contributed by atoms with Crippen molar-refractivity contribution in [2.24, 2.45) is 4.99 Å². The molecule has 1 aliphatic rings. The van der Waals surface area contributed by atoms with Gasteiger partial charge in [-0.05, 0) is 45.8 Å². The fourth-order valence-electron chi connectivity index (χ4n) is 3.90. The number of amides is 1. The summed E-state index contributed by atoms with van der Waals surface area (Å²) in [5, 5.41) is 24.1. The molecule has 11 heteroatoms. The van der Waals surface area contributed by atoms with E-state index in [1.54, 1.807) is 6.92 Å². The highest BCUT2D eigenvalue weighted by molar-refractivity contribution is 9.10. The van der Waals surface area contributed by atoms with Crippen LogP contribution in [-0.4, -0.2) is 54.4 Å². The number of nitrogens with zero attached hydrogens (tertiary/aromatic N) is 5. The van der Waals surface area contributed by atoms with E-state index >= 15 is 0 Å². The third kappa shape index (κ3) is 3.80. The quantitative estimate of drug-likeness (QED) is 0.405. The smallest absolute Gasteiger partial charge is 0.306 e. The topological polar surface area (TPSA) is 138 Å². The minimum absolute atomic E-state index is 0.284. The van der Waals surface area contributed by atoms with Gasteiger partial charge >= 0.3 is 5.97 Å². The van der Waals surface area contributed by atoms with Crippen molar-refractivity contribution >= 4 is 44.6 Å². The maximum atomic E-state index is 12.6. The van der Waals surface area contributed by atoms with Crippen LogP contribution in [0.15, 0.2) is 56.3 Å². The van der Waals surface area contributed by atoms with Gasteiger partial charge in [0.05, 0.1) is 17.4 Å². The number of carbonyl (C=O) groups is 2. The van der Waals surface area contributed by atoms with E-state index in [1.807, 2.05) is 42.5 Å². The van der Waals surface area contributed by atoms with Crippen LogP contribution >= 0.6 is 15.9 Å². The number of carboxylic acid groups (broad SMARTS) is 1. The van der Waals surface area contributed by atoms with Gasteiger partial charge in [0.1, 0.15) is 23.2 Å². The number of carboxylic acids is 1. The number of amidine groups is 1. The molecular formula is C22H17BrN6O4. The van der Waals surface area contributed by atoms with Crippen LogP contribution in [0.5, 0.6) is 0 Å². The molecule has 0 bridgehead atoms. The number of carbonyl (C=O) groups excluding carboxylic acids is 1. The standard InChI is InChI=1S/C22H17BrN6O4/c1-11-24-16(9-18(30)31)22(32)29(11)10-12-6-7-17-15(8-12)19(23)20(33-17)13-4-2-3-5-14(13)21-25-27-28-26-21/h2-8,16H,9-10H2,1H3,(H,30,31)(H,25,26,27,28). The minimum Gasteiger partial charge on any atom is -0.481 e. The first-order valence-electron chi connectivity index (χ1n) is 10.0. The minimum atomic E-state index is -1.05. The van der Waals surface area contributed by atoms with E-state index in [1.165, 1.54) is 4.90 Å². The van der Waals surface area contributed by atoms with Gasteiger partial charge in [0.25, 0.3) is 5.91 Å². The van der Waals surface area contributed by atoms with E-state index in [4.69, 9.17) is 9.52 Å². The van der Waals surface area contributed by atoms with Gasteiger partial charge in [-0.1, -0.05) is 30.3 Å². The maximum absolute atomic E-state index is 12.6. The Morgan fingerprint density at radius 2 is 2.03 bits per heavy atom. The number of rotatable bonds is 6. The molecular weight excluding hydrogens is 492 g/mol. The molecule has 2 N–H and O–H groups in total. The van der Waals surface area contributed by atoms with Crippen LogP contribution in [-0.2, 0) is 16.1 Å². The zero-order valence-corrected chi connectivity index (χ0v) is 18.9. The normalized spacial score (nSPS) is 15.9. The first kappa shape index (κ1) is 21.0. The van der Waals surface area contributed by atoms with Gasteiger partial charge in [0.15, 0.2) is 0 Å². The zero-order valence-electron chi connectivity index (χ0n) is 17.3. The molecule has 1 unspecified atom stereocenters. The summed E-state index contributed by atoms with van der Waals surface area (Å²) < 4.78 is 6.91. The summed E-state index contributed by atoms with van der Waals surface area (Å²) in [6, 6.07) is 12.4. The number of hydrogen-bond donors (Lipinski definition) is 2. The molecule has 1 atom stereocenters. The Labute approximate surface area is 195 Å². The van der Waals surface area contributed by atoms with Crippen molar-refractivity contribution in [2.75, 3.05) is 0 Å². The number of aliphatic imine (C=N–C) groups is 1. The summed E-state index contributed by atoms with van der Waals surface area (Å²) in [5.41, 5.74) is 3.11. The summed E-state index contributed by atoms with van der Waals surface area (Å²) in [5.74, 6) is 0.225. The molecule has 0 saturated carbocycles. The van der Waals surface area contributed by atoms with Crippen LogP contribution in [0, 0.1) is 0 Å². The molecule has 2 aromatic carbocycles. The second-order valence-electron chi connectivity index (χ2n) is 7.57. The molecule has 1 amide bonds. The molecule has 0 spiro atoms. The van der Waals surface area contributed by atoms with Crippen LogP contribution in [0.25, 0.3) is 33.7 Å². The molecule has 0 saturated heterocycles. The maximum Gasteiger partial charge on any atom is 0.306 e. The molecule has 3 heterocycles. The molecule has 4 aromatic rings. The number of hydrogen-bond acceptors (Lipinski definition) is 7. The van der Waals surface area contributed by atoms with Gasteiger partial charge in [0.2, 0.25) is 5.82 Å². The average Bonchev–Trinajstić information content (AvgIpc) is 3.50.